The number of hydrogen-bond acceptors (Lipinski definition) is 2. The van der Waals surface area contributed by atoms with Gasteiger partial charge in [-0.1, -0.05) is 78.9 Å². The lowest BCUT2D eigenvalue weighted by molar-refractivity contribution is 0.391. The van der Waals surface area contributed by atoms with Crippen LogP contribution in [-0.4, -0.2) is 19.3 Å². The summed E-state index contributed by atoms with van der Waals surface area (Å²) in [5.41, 5.74) is 4.42. The van der Waals surface area contributed by atoms with Gasteiger partial charge in [-0.2, -0.15) is 4.31 Å². The lowest BCUT2D eigenvalue weighted by atomic mass is 10.0. The summed E-state index contributed by atoms with van der Waals surface area (Å²) < 4.78 is 27.6. The standard InChI is InChI=1S/C23H21NO2S/c25-27(26,24-17-16-21-8-4-5-9-22(21)18-24)23-14-12-20(13-15-23)11-10-19-6-2-1-3-7-19/h1-15H,16-18H2/b11-10+. The third kappa shape index (κ3) is 3.87. The average Bonchev–Trinajstić information content (AvgIpc) is 2.73. The fourth-order valence-corrected chi connectivity index (χ4v) is 4.75. The highest BCUT2D eigenvalue weighted by Gasteiger charge is 2.27. The molecule has 0 radical (unpaired) electrons. The molecule has 0 aromatic heterocycles. The summed E-state index contributed by atoms with van der Waals surface area (Å²) in [6, 6.07) is 25.2. The molecule has 0 bridgehead atoms. The van der Waals surface area contributed by atoms with Crippen molar-refractivity contribution >= 4 is 22.2 Å². The van der Waals surface area contributed by atoms with Crippen LogP contribution in [0.3, 0.4) is 0 Å². The van der Waals surface area contributed by atoms with Crippen LogP contribution in [0.4, 0.5) is 0 Å². The van der Waals surface area contributed by atoms with E-state index in [1.165, 1.54) is 5.56 Å². The lowest BCUT2D eigenvalue weighted by Crippen LogP contribution is -2.35. The second-order valence-electron chi connectivity index (χ2n) is 6.67. The van der Waals surface area contributed by atoms with Crippen molar-refractivity contribution in [3.63, 3.8) is 0 Å². The van der Waals surface area contributed by atoms with E-state index < -0.39 is 10.0 Å². The lowest BCUT2D eigenvalue weighted by Gasteiger charge is -2.28. The topological polar surface area (TPSA) is 37.4 Å². The molecule has 0 spiro atoms. The summed E-state index contributed by atoms with van der Waals surface area (Å²) in [5.74, 6) is 0. The molecule has 0 amide bonds. The zero-order valence-electron chi connectivity index (χ0n) is 15.0. The molecule has 0 saturated carbocycles. The van der Waals surface area contributed by atoms with Gasteiger partial charge in [0.25, 0.3) is 0 Å². The second-order valence-corrected chi connectivity index (χ2v) is 8.61. The maximum Gasteiger partial charge on any atom is 0.243 e. The van der Waals surface area contributed by atoms with Crippen molar-refractivity contribution in [1.82, 2.24) is 4.31 Å². The Morgan fingerprint density at radius 3 is 2.00 bits per heavy atom. The van der Waals surface area contributed by atoms with Crippen molar-refractivity contribution in [2.45, 2.75) is 17.9 Å². The summed E-state index contributed by atoms with van der Waals surface area (Å²) in [4.78, 5) is 0.346. The van der Waals surface area contributed by atoms with Crippen LogP contribution in [0.15, 0.2) is 83.8 Å². The highest BCUT2D eigenvalue weighted by Crippen LogP contribution is 2.25. The van der Waals surface area contributed by atoms with Crippen LogP contribution < -0.4 is 0 Å². The Kier molecular flexibility index (Phi) is 4.92. The molecule has 0 aliphatic carbocycles. The van der Waals surface area contributed by atoms with Crippen LogP contribution in [-0.2, 0) is 23.0 Å². The molecule has 0 N–H and O–H groups in total. The van der Waals surface area contributed by atoms with Crippen LogP contribution >= 0.6 is 0 Å². The molecule has 0 atom stereocenters. The van der Waals surface area contributed by atoms with E-state index >= 15 is 0 Å². The van der Waals surface area contributed by atoms with Crippen LogP contribution in [0.25, 0.3) is 12.2 Å². The first kappa shape index (κ1) is 17.7. The van der Waals surface area contributed by atoms with E-state index in [2.05, 4.69) is 6.07 Å². The van der Waals surface area contributed by atoms with Gasteiger partial charge in [0.2, 0.25) is 10.0 Å². The first-order valence-electron chi connectivity index (χ1n) is 9.03. The maximum absolute atomic E-state index is 13.0. The van der Waals surface area contributed by atoms with E-state index in [0.29, 0.717) is 18.0 Å². The summed E-state index contributed by atoms with van der Waals surface area (Å²) in [6.45, 7) is 0.961. The molecule has 3 nitrogen and oxygen atoms in total. The fraction of sp³-hybridized carbons (Fsp3) is 0.130. The van der Waals surface area contributed by atoms with Crippen molar-refractivity contribution in [2.24, 2.45) is 0 Å². The van der Waals surface area contributed by atoms with Gasteiger partial charge in [0.15, 0.2) is 0 Å². The normalized spacial score (nSPS) is 15.0. The number of sulfonamides is 1. The van der Waals surface area contributed by atoms with Gasteiger partial charge in [-0.25, -0.2) is 8.42 Å². The summed E-state index contributed by atoms with van der Waals surface area (Å²) in [5, 5.41) is 0. The van der Waals surface area contributed by atoms with Crippen LogP contribution in [0.5, 0.6) is 0 Å². The van der Waals surface area contributed by atoms with Crippen LogP contribution in [0.2, 0.25) is 0 Å². The van der Waals surface area contributed by atoms with Crippen molar-refractivity contribution in [2.75, 3.05) is 6.54 Å². The Hall–Kier alpha value is -2.69. The molecule has 4 heteroatoms. The largest absolute Gasteiger partial charge is 0.243 e. The monoisotopic (exact) mass is 375 g/mol. The van der Waals surface area contributed by atoms with Gasteiger partial charge in [-0.3, -0.25) is 0 Å². The summed E-state index contributed by atoms with van der Waals surface area (Å²) in [7, 11) is -3.48. The van der Waals surface area contributed by atoms with E-state index in [4.69, 9.17) is 0 Å². The maximum atomic E-state index is 13.0. The predicted octanol–water partition coefficient (Wildman–Crippen LogP) is 4.60. The van der Waals surface area contributed by atoms with E-state index in [-0.39, 0.29) is 0 Å². The van der Waals surface area contributed by atoms with Gasteiger partial charge in [0.05, 0.1) is 4.90 Å². The van der Waals surface area contributed by atoms with Crippen molar-refractivity contribution in [3.05, 3.63) is 101 Å². The average molecular weight is 375 g/mol. The molecule has 3 aromatic rings. The molecule has 0 unspecified atom stereocenters. The molecule has 3 aromatic carbocycles. The van der Waals surface area contributed by atoms with E-state index in [9.17, 15) is 8.42 Å². The molecule has 1 aliphatic heterocycles. The van der Waals surface area contributed by atoms with E-state index in [1.807, 2.05) is 72.8 Å². The molecule has 0 fully saturated rings. The van der Waals surface area contributed by atoms with Crippen molar-refractivity contribution in [3.8, 4) is 0 Å². The summed E-state index contributed by atoms with van der Waals surface area (Å²) >= 11 is 0. The Morgan fingerprint density at radius 2 is 1.30 bits per heavy atom. The Balaban J connectivity index is 1.52. The molecule has 27 heavy (non-hydrogen) atoms. The molecule has 4 rings (SSSR count). The number of fused-ring (bicyclic) bond motifs is 1. The Bertz CT molecular complexity index is 1060. The van der Waals surface area contributed by atoms with E-state index in [0.717, 1.165) is 23.1 Å². The third-order valence-corrected chi connectivity index (χ3v) is 6.74. The zero-order valence-corrected chi connectivity index (χ0v) is 15.8. The number of hydrogen-bond donors (Lipinski definition) is 0. The molecule has 136 valence electrons. The van der Waals surface area contributed by atoms with Crippen molar-refractivity contribution < 1.29 is 8.42 Å². The second kappa shape index (κ2) is 7.51. The van der Waals surface area contributed by atoms with Gasteiger partial charge in [-0.05, 0) is 40.8 Å². The van der Waals surface area contributed by atoms with Gasteiger partial charge >= 0.3 is 0 Å². The van der Waals surface area contributed by atoms with E-state index in [1.54, 1.807) is 16.4 Å². The van der Waals surface area contributed by atoms with Crippen LogP contribution in [0.1, 0.15) is 22.3 Å². The quantitative estimate of drug-likeness (QED) is 0.625. The number of rotatable bonds is 4. The fourth-order valence-electron chi connectivity index (χ4n) is 3.33. The minimum atomic E-state index is -3.48. The smallest absolute Gasteiger partial charge is 0.207 e. The third-order valence-electron chi connectivity index (χ3n) is 4.88. The number of benzene rings is 3. The van der Waals surface area contributed by atoms with Crippen molar-refractivity contribution in [1.29, 1.82) is 0 Å². The highest BCUT2D eigenvalue weighted by atomic mass is 32.2. The molecular formula is C23H21NO2S. The predicted molar refractivity (Wildman–Crippen MR) is 110 cm³/mol. The zero-order chi connectivity index (χ0) is 18.7. The first-order valence-corrected chi connectivity index (χ1v) is 10.5. The minimum Gasteiger partial charge on any atom is -0.207 e. The molecule has 0 saturated heterocycles. The highest BCUT2D eigenvalue weighted by molar-refractivity contribution is 7.89. The van der Waals surface area contributed by atoms with Gasteiger partial charge in [0.1, 0.15) is 0 Å². The van der Waals surface area contributed by atoms with Gasteiger partial charge < -0.3 is 0 Å². The molecule has 1 aliphatic rings. The summed E-state index contributed by atoms with van der Waals surface area (Å²) in [6.07, 6.45) is 4.77. The van der Waals surface area contributed by atoms with Gasteiger partial charge in [-0.15, -0.1) is 0 Å². The molecule has 1 heterocycles. The number of nitrogens with zero attached hydrogens (tertiary/aromatic N) is 1. The van der Waals surface area contributed by atoms with Crippen LogP contribution in [0, 0.1) is 0 Å². The Morgan fingerprint density at radius 1 is 0.704 bits per heavy atom. The Labute approximate surface area is 160 Å². The molecular weight excluding hydrogens is 354 g/mol. The minimum absolute atomic E-state index is 0.346. The first-order chi connectivity index (χ1) is 13.1. The van der Waals surface area contributed by atoms with Gasteiger partial charge in [0, 0.05) is 13.1 Å². The SMILES string of the molecule is O=S(=O)(c1ccc(/C=C/c2ccccc2)cc1)N1CCc2ccccc2C1.